The maximum Gasteiger partial charge on any atom is 0.159 e. The molecular formula is C16H17F2NO. The van der Waals surface area contributed by atoms with Gasteiger partial charge in [0.15, 0.2) is 11.6 Å². The van der Waals surface area contributed by atoms with E-state index in [2.05, 4.69) is 0 Å². The van der Waals surface area contributed by atoms with Gasteiger partial charge in [0.2, 0.25) is 0 Å². The third-order valence-electron chi connectivity index (χ3n) is 3.16. The zero-order valence-electron chi connectivity index (χ0n) is 11.3. The van der Waals surface area contributed by atoms with Gasteiger partial charge in [-0.15, -0.1) is 0 Å². The molecule has 2 aromatic rings. The SMILES string of the molecule is COc1ccccc1CC(N)Cc1ccc(F)c(F)c1. The zero-order chi connectivity index (χ0) is 14.5. The smallest absolute Gasteiger partial charge is 0.159 e. The van der Waals surface area contributed by atoms with Crippen LogP contribution in [-0.4, -0.2) is 13.2 Å². The highest BCUT2D eigenvalue weighted by molar-refractivity contribution is 5.34. The Balaban J connectivity index is 2.05. The highest BCUT2D eigenvalue weighted by Gasteiger charge is 2.10. The summed E-state index contributed by atoms with van der Waals surface area (Å²) in [7, 11) is 1.61. The van der Waals surface area contributed by atoms with Crippen LogP contribution in [0.3, 0.4) is 0 Å². The van der Waals surface area contributed by atoms with Crippen molar-refractivity contribution in [2.24, 2.45) is 5.73 Å². The van der Waals surface area contributed by atoms with Gasteiger partial charge >= 0.3 is 0 Å². The van der Waals surface area contributed by atoms with Gasteiger partial charge < -0.3 is 10.5 Å². The number of ether oxygens (including phenoxy) is 1. The molecule has 2 aromatic carbocycles. The lowest BCUT2D eigenvalue weighted by atomic mass is 9.99. The second-order valence-electron chi connectivity index (χ2n) is 4.73. The maximum atomic E-state index is 13.1. The summed E-state index contributed by atoms with van der Waals surface area (Å²) in [6, 6.07) is 11.3. The molecule has 0 radical (unpaired) electrons. The minimum absolute atomic E-state index is 0.184. The number of benzene rings is 2. The second kappa shape index (κ2) is 6.48. The van der Waals surface area contributed by atoms with Crippen molar-refractivity contribution in [1.29, 1.82) is 0 Å². The molecule has 0 saturated heterocycles. The molecule has 0 aliphatic carbocycles. The van der Waals surface area contributed by atoms with Gasteiger partial charge in [-0.1, -0.05) is 24.3 Å². The van der Waals surface area contributed by atoms with Gasteiger partial charge in [-0.3, -0.25) is 0 Å². The minimum atomic E-state index is -0.841. The maximum absolute atomic E-state index is 13.1. The number of hydrogen-bond acceptors (Lipinski definition) is 2. The fraction of sp³-hybridized carbons (Fsp3) is 0.250. The van der Waals surface area contributed by atoms with Gasteiger partial charge in [-0.25, -0.2) is 8.78 Å². The average Bonchev–Trinajstić information content (AvgIpc) is 2.43. The molecule has 20 heavy (non-hydrogen) atoms. The molecule has 0 heterocycles. The summed E-state index contributed by atoms with van der Waals surface area (Å²) in [4.78, 5) is 0. The molecular weight excluding hydrogens is 260 g/mol. The molecule has 0 aliphatic rings. The van der Waals surface area contributed by atoms with Crippen molar-refractivity contribution in [1.82, 2.24) is 0 Å². The molecule has 2 rings (SSSR count). The van der Waals surface area contributed by atoms with Crippen LogP contribution in [0.4, 0.5) is 8.78 Å². The van der Waals surface area contributed by atoms with Crippen molar-refractivity contribution in [3.8, 4) is 5.75 Å². The number of hydrogen-bond donors (Lipinski definition) is 1. The molecule has 0 fully saturated rings. The largest absolute Gasteiger partial charge is 0.496 e. The van der Waals surface area contributed by atoms with E-state index in [0.717, 1.165) is 17.4 Å². The first-order chi connectivity index (χ1) is 9.60. The Labute approximate surface area is 117 Å². The van der Waals surface area contributed by atoms with Crippen LogP contribution in [0.15, 0.2) is 42.5 Å². The van der Waals surface area contributed by atoms with Gasteiger partial charge in [0, 0.05) is 6.04 Å². The number of halogens is 2. The summed E-state index contributed by atoms with van der Waals surface area (Å²) in [6.45, 7) is 0. The molecule has 1 atom stereocenters. The van der Waals surface area contributed by atoms with Gasteiger partial charge in [0.1, 0.15) is 5.75 Å². The molecule has 0 aliphatic heterocycles. The summed E-state index contributed by atoms with van der Waals surface area (Å²) < 4.78 is 31.3. The standard InChI is InChI=1S/C16H17F2NO/c1-20-16-5-3-2-4-12(16)10-13(19)8-11-6-7-14(17)15(18)9-11/h2-7,9,13H,8,10,19H2,1H3. The molecule has 1 unspecified atom stereocenters. The van der Waals surface area contributed by atoms with E-state index < -0.39 is 11.6 Å². The molecule has 4 heteroatoms. The van der Waals surface area contributed by atoms with Crippen LogP contribution in [0.2, 0.25) is 0 Å². The summed E-state index contributed by atoms with van der Waals surface area (Å²) in [5, 5.41) is 0. The van der Waals surface area contributed by atoms with Crippen LogP contribution in [-0.2, 0) is 12.8 Å². The highest BCUT2D eigenvalue weighted by atomic mass is 19.2. The van der Waals surface area contributed by atoms with E-state index in [1.165, 1.54) is 6.07 Å². The van der Waals surface area contributed by atoms with E-state index in [1.807, 2.05) is 24.3 Å². The van der Waals surface area contributed by atoms with Crippen LogP contribution >= 0.6 is 0 Å². The third-order valence-corrected chi connectivity index (χ3v) is 3.16. The first-order valence-electron chi connectivity index (χ1n) is 6.41. The third kappa shape index (κ3) is 3.54. The number of nitrogens with two attached hydrogens (primary N) is 1. The topological polar surface area (TPSA) is 35.2 Å². The average molecular weight is 277 g/mol. The summed E-state index contributed by atoms with van der Waals surface area (Å²) in [5.41, 5.74) is 7.77. The molecule has 2 N–H and O–H groups in total. The molecule has 0 aromatic heterocycles. The Morgan fingerprint density at radius 3 is 2.50 bits per heavy atom. The van der Waals surface area contributed by atoms with Gasteiger partial charge in [0.05, 0.1) is 7.11 Å². The fourth-order valence-electron chi connectivity index (χ4n) is 2.20. The molecule has 0 amide bonds. The van der Waals surface area contributed by atoms with E-state index in [0.29, 0.717) is 18.4 Å². The van der Waals surface area contributed by atoms with Crippen LogP contribution in [0.1, 0.15) is 11.1 Å². The molecule has 0 spiro atoms. The Morgan fingerprint density at radius 1 is 1.05 bits per heavy atom. The Bertz CT molecular complexity index is 586. The molecule has 0 saturated carbocycles. The summed E-state index contributed by atoms with van der Waals surface area (Å²) in [6.07, 6.45) is 1.10. The number of rotatable bonds is 5. The van der Waals surface area contributed by atoms with E-state index in [4.69, 9.17) is 10.5 Å². The van der Waals surface area contributed by atoms with Crippen LogP contribution in [0, 0.1) is 11.6 Å². The Morgan fingerprint density at radius 2 is 1.80 bits per heavy atom. The molecule has 0 bridgehead atoms. The second-order valence-corrected chi connectivity index (χ2v) is 4.73. The normalized spacial score (nSPS) is 12.2. The predicted molar refractivity (Wildman–Crippen MR) is 74.7 cm³/mol. The molecule has 2 nitrogen and oxygen atoms in total. The summed E-state index contributed by atoms with van der Waals surface area (Å²) >= 11 is 0. The van der Waals surface area contributed by atoms with E-state index in [1.54, 1.807) is 13.2 Å². The van der Waals surface area contributed by atoms with Gasteiger partial charge in [-0.2, -0.15) is 0 Å². The Kier molecular flexibility index (Phi) is 4.69. The highest BCUT2D eigenvalue weighted by Crippen LogP contribution is 2.19. The van der Waals surface area contributed by atoms with Crippen molar-refractivity contribution in [2.45, 2.75) is 18.9 Å². The quantitative estimate of drug-likeness (QED) is 0.911. The van der Waals surface area contributed by atoms with Crippen molar-refractivity contribution in [3.05, 3.63) is 65.2 Å². The van der Waals surface area contributed by atoms with E-state index >= 15 is 0 Å². The first kappa shape index (κ1) is 14.5. The van der Waals surface area contributed by atoms with Crippen LogP contribution in [0.5, 0.6) is 5.75 Å². The van der Waals surface area contributed by atoms with E-state index in [-0.39, 0.29) is 6.04 Å². The van der Waals surface area contributed by atoms with E-state index in [9.17, 15) is 8.78 Å². The summed E-state index contributed by atoms with van der Waals surface area (Å²) in [5.74, 6) is -0.896. The predicted octanol–water partition coefficient (Wildman–Crippen LogP) is 3.09. The lowest BCUT2D eigenvalue weighted by molar-refractivity contribution is 0.407. The first-order valence-corrected chi connectivity index (χ1v) is 6.41. The monoisotopic (exact) mass is 277 g/mol. The van der Waals surface area contributed by atoms with Gasteiger partial charge in [-0.05, 0) is 42.2 Å². The fourth-order valence-corrected chi connectivity index (χ4v) is 2.20. The van der Waals surface area contributed by atoms with Crippen molar-refractivity contribution >= 4 is 0 Å². The van der Waals surface area contributed by atoms with Crippen LogP contribution in [0.25, 0.3) is 0 Å². The zero-order valence-corrected chi connectivity index (χ0v) is 11.3. The lowest BCUT2D eigenvalue weighted by Crippen LogP contribution is -2.25. The lowest BCUT2D eigenvalue weighted by Gasteiger charge is -2.14. The number of para-hydroxylation sites is 1. The molecule has 106 valence electrons. The Hall–Kier alpha value is -1.94. The number of methoxy groups -OCH3 is 1. The van der Waals surface area contributed by atoms with Crippen molar-refractivity contribution in [3.63, 3.8) is 0 Å². The minimum Gasteiger partial charge on any atom is -0.496 e. The van der Waals surface area contributed by atoms with Crippen molar-refractivity contribution in [2.75, 3.05) is 7.11 Å². The van der Waals surface area contributed by atoms with Gasteiger partial charge in [0.25, 0.3) is 0 Å². The van der Waals surface area contributed by atoms with Crippen molar-refractivity contribution < 1.29 is 13.5 Å². The van der Waals surface area contributed by atoms with Crippen LogP contribution < -0.4 is 10.5 Å².